The number of nitrogen functional groups attached to an aromatic ring is 1. The molecule has 0 saturated carbocycles. The van der Waals surface area contributed by atoms with Gasteiger partial charge >= 0.3 is 0 Å². The van der Waals surface area contributed by atoms with E-state index in [2.05, 4.69) is 26.0 Å². The molecule has 12 nitrogen and oxygen atoms in total. The van der Waals surface area contributed by atoms with Crippen molar-refractivity contribution in [2.75, 3.05) is 42.7 Å². The number of carbonyl (C=O) groups is 1. The van der Waals surface area contributed by atoms with Crippen molar-refractivity contribution in [2.24, 2.45) is 5.10 Å². The molecule has 0 saturated heterocycles. The quantitative estimate of drug-likeness (QED) is 0.165. The maximum absolute atomic E-state index is 12.3. The number of anilines is 2. The first kappa shape index (κ1) is 22.1. The number of thioether (sulfide) groups is 1. The lowest BCUT2D eigenvalue weighted by molar-refractivity contribution is -0.113. The number of hydrogen-bond donors (Lipinski definition) is 4. The first-order valence-corrected chi connectivity index (χ1v) is 10.7. The lowest BCUT2D eigenvalue weighted by atomic mass is 10.2. The Morgan fingerprint density at radius 1 is 1.27 bits per heavy atom. The number of fused-ring (bicyclic) bond motifs is 1. The summed E-state index contributed by atoms with van der Waals surface area (Å²) in [6.07, 6.45) is 1.47. The Kier molecular flexibility index (Phi) is 6.69. The van der Waals surface area contributed by atoms with Gasteiger partial charge in [0.25, 0.3) is 5.95 Å². The van der Waals surface area contributed by atoms with Crippen molar-refractivity contribution < 1.29 is 24.1 Å². The van der Waals surface area contributed by atoms with E-state index in [9.17, 15) is 9.90 Å². The number of ether oxygens (including phenoxy) is 3. The Labute approximate surface area is 192 Å². The molecule has 5 N–H and O–H groups in total. The van der Waals surface area contributed by atoms with Crippen LogP contribution in [0, 0.1) is 0 Å². The van der Waals surface area contributed by atoms with Crippen LogP contribution in [-0.4, -0.2) is 58.2 Å². The van der Waals surface area contributed by atoms with Crippen LogP contribution < -0.4 is 30.8 Å². The third kappa shape index (κ3) is 5.38. The zero-order valence-electron chi connectivity index (χ0n) is 17.5. The minimum Gasteiger partial charge on any atom is -0.504 e. The van der Waals surface area contributed by atoms with Crippen molar-refractivity contribution in [3.8, 4) is 23.0 Å². The molecule has 0 aliphatic carbocycles. The van der Waals surface area contributed by atoms with Crippen molar-refractivity contribution >= 4 is 35.5 Å². The van der Waals surface area contributed by atoms with Crippen LogP contribution in [0.5, 0.6) is 23.0 Å². The number of nitrogens with one attached hydrogen (secondary N) is 2. The predicted octanol–water partition coefficient (Wildman–Crippen LogP) is 1.65. The smallest absolute Gasteiger partial charge is 0.264 e. The Bertz CT molecular complexity index is 1180. The van der Waals surface area contributed by atoms with E-state index < -0.39 is 0 Å². The minimum atomic E-state index is -0.244. The Morgan fingerprint density at radius 2 is 2.09 bits per heavy atom. The maximum Gasteiger partial charge on any atom is 0.264 e. The fourth-order valence-electron chi connectivity index (χ4n) is 2.85. The molecular weight excluding hydrogens is 450 g/mol. The average molecular weight is 471 g/mol. The molecule has 0 bridgehead atoms. The standard InChI is InChI=1S/C20H21N7O5S/c1-30-15-4-2-12(8-14(15)28)10-22-24-19-25-26-20(27(19)21)33-11-18(29)23-13-3-5-16-17(9-13)32-7-6-31-16/h2-5,8-10,28H,6-7,11,21H2,1H3,(H,23,29)(H,24,25)/b22-10+. The van der Waals surface area contributed by atoms with Gasteiger partial charge < -0.3 is 30.5 Å². The van der Waals surface area contributed by atoms with E-state index in [0.29, 0.717) is 46.9 Å². The second-order valence-corrected chi connectivity index (χ2v) is 7.62. The number of aromatic hydroxyl groups is 1. The van der Waals surface area contributed by atoms with Crippen LogP contribution in [0.15, 0.2) is 46.7 Å². The van der Waals surface area contributed by atoms with Crippen molar-refractivity contribution in [2.45, 2.75) is 5.16 Å². The predicted molar refractivity (Wildman–Crippen MR) is 123 cm³/mol. The summed E-state index contributed by atoms with van der Waals surface area (Å²) in [4.78, 5) is 12.3. The van der Waals surface area contributed by atoms with Gasteiger partial charge in [-0.1, -0.05) is 11.8 Å². The summed E-state index contributed by atoms with van der Waals surface area (Å²) in [5.74, 6) is 7.58. The number of nitrogens with two attached hydrogens (primary N) is 1. The first-order chi connectivity index (χ1) is 16.0. The monoisotopic (exact) mass is 471 g/mol. The van der Waals surface area contributed by atoms with Crippen molar-refractivity contribution in [1.29, 1.82) is 0 Å². The molecular formula is C20H21N7O5S. The van der Waals surface area contributed by atoms with Crippen molar-refractivity contribution in [3.05, 3.63) is 42.0 Å². The molecule has 0 atom stereocenters. The highest BCUT2D eigenvalue weighted by Gasteiger charge is 2.15. The molecule has 2 heterocycles. The van der Waals surface area contributed by atoms with Gasteiger partial charge in [-0.15, -0.1) is 10.2 Å². The fraction of sp³-hybridized carbons (Fsp3) is 0.200. The maximum atomic E-state index is 12.3. The summed E-state index contributed by atoms with van der Waals surface area (Å²) in [6, 6.07) is 10.0. The summed E-state index contributed by atoms with van der Waals surface area (Å²) < 4.78 is 17.2. The fourth-order valence-corrected chi connectivity index (χ4v) is 3.51. The van der Waals surface area contributed by atoms with E-state index >= 15 is 0 Å². The molecule has 0 spiro atoms. The van der Waals surface area contributed by atoms with Crippen molar-refractivity contribution in [1.82, 2.24) is 14.9 Å². The number of benzene rings is 2. The van der Waals surface area contributed by atoms with Gasteiger partial charge in [0.15, 0.2) is 23.0 Å². The molecule has 4 rings (SSSR count). The van der Waals surface area contributed by atoms with Crippen LogP contribution in [0.3, 0.4) is 0 Å². The third-order valence-electron chi connectivity index (χ3n) is 4.40. The number of hydrazone groups is 1. The van der Waals surface area contributed by atoms with E-state index in [1.807, 2.05) is 0 Å². The van der Waals surface area contributed by atoms with E-state index in [1.54, 1.807) is 30.3 Å². The van der Waals surface area contributed by atoms with Crippen LogP contribution in [-0.2, 0) is 4.79 Å². The van der Waals surface area contributed by atoms with Gasteiger partial charge in [-0.05, 0) is 35.9 Å². The molecule has 1 amide bonds. The molecule has 0 radical (unpaired) electrons. The largest absolute Gasteiger partial charge is 0.504 e. The number of rotatable bonds is 8. The van der Waals surface area contributed by atoms with Gasteiger partial charge in [-0.25, -0.2) is 10.1 Å². The summed E-state index contributed by atoms with van der Waals surface area (Å²) in [6.45, 7) is 0.970. The van der Waals surface area contributed by atoms with Crippen LogP contribution >= 0.6 is 11.8 Å². The van der Waals surface area contributed by atoms with Gasteiger partial charge in [0.1, 0.15) is 13.2 Å². The molecule has 1 aromatic heterocycles. The van der Waals surface area contributed by atoms with E-state index in [-0.39, 0.29) is 23.4 Å². The molecule has 13 heteroatoms. The van der Waals surface area contributed by atoms with E-state index in [4.69, 9.17) is 20.1 Å². The second kappa shape index (κ2) is 9.99. The second-order valence-electron chi connectivity index (χ2n) is 6.67. The highest BCUT2D eigenvalue weighted by atomic mass is 32.2. The van der Waals surface area contributed by atoms with Crippen molar-refractivity contribution in [3.63, 3.8) is 0 Å². The third-order valence-corrected chi connectivity index (χ3v) is 5.35. The van der Waals surface area contributed by atoms with Crippen LogP contribution in [0.4, 0.5) is 11.6 Å². The molecule has 172 valence electrons. The van der Waals surface area contributed by atoms with Crippen LogP contribution in [0.1, 0.15) is 5.56 Å². The Hall–Kier alpha value is -4.13. The van der Waals surface area contributed by atoms with Gasteiger partial charge in [-0.3, -0.25) is 4.79 Å². The highest BCUT2D eigenvalue weighted by Crippen LogP contribution is 2.32. The summed E-state index contributed by atoms with van der Waals surface area (Å²) >= 11 is 1.12. The van der Waals surface area contributed by atoms with Crippen LogP contribution in [0.25, 0.3) is 0 Å². The zero-order chi connectivity index (χ0) is 23.2. The number of phenolic OH excluding ortho intramolecular Hbond substituents is 1. The number of carbonyl (C=O) groups excluding carboxylic acids is 1. The topological polar surface area (TPSA) is 158 Å². The lowest BCUT2D eigenvalue weighted by Crippen LogP contribution is -2.18. The molecule has 1 aliphatic rings. The van der Waals surface area contributed by atoms with Gasteiger partial charge in [0.05, 0.1) is 19.1 Å². The van der Waals surface area contributed by atoms with Gasteiger partial charge in [-0.2, -0.15) is 5.10 Å². The minimum absolute atomic E-state index is 0.00310. The summed E-state index contributed by atoms with van der Waals surface area (Å²) in [5, 5.41) is 24.8. The first-order valence-electron chi connectivity index (χ1n) is 9.72. The molecule has 33 heavy (non-hydrogen) atoms. The summed E-state index contributed by atoms with van der Waals surface area (Å²) in [7, 11) is 1.47. The van der Waals surface area contributed by atoms with Crippen LogP contribution in [0.2, 0.25) is 0 Å². The Balaban J connectivity index is 1.29. The molecule has 0 fully saturated rings. The molecule has 2 aromatic carbocycles. The zero-order valence-corrected chi connectivity index (χ0v) is 18.3. The average Bonchev–Trinajstić information content (AvgIpc) is 3.17. The number of methoxy groups -OCH3 is 1. The molecule has 0 unspecified atom stereocenters. The number of hydrogen-bond acceptors (Lipinski definition) is 11. The van der Waals surface area contributed by atoms with E-state index in [1.165, 1.54) is 24.1 Å². The molecule has 1 aliphatic heterocycles. The SMILES string of the molecule is COc1ccc(/C=N/Nc2nnc(SCC(=O)Nc3ccc4c(c3)OCCO4)n2N)cc1O. The number of phenols is 1. The van der Waals surface area contributed by atoms with Gasteiger partial charge in [0, 0.05) is 11.8 Å². The summed E-state index contributed by atoms with van der Waals surface area (Å²) in [5.41, 5.74) is 3.90. The highest BCUT2D eigenvalue weighted by molar-refractivity contribution is 7.99. The number of aromatic nitrogens is 3. The van der Waals surface area contributed by atoms with E-state index in [0.717, 1.165) is 11.8 Å². The number of amides is 1. The normalized spacial score (nSPS) is 12.5. The molecule has 3 aromatic rings. The Morgan fingerprint density at radius 3 is 2.88 bits per heavy atom. The number of nitrogens with zero attached hydrogens (tertiary/aromatic N) is 4. The van der Waals surface area contributed by atoms with Gasteiger partial charge in [0.2, 0.25) is 11.1 Å². The lowest BCUT2D eigenvalue weighted by Gasteiger charge is -2.18.